The van der Waals surface area contributed by atoms with Crippen molar-refractivity contribution in [1.82, 2.24) is 10.6 Å². The van der Waals surface area contributed by atoms with E-state index < -0.39 is 6.04 Å². The van der Waals surface area contributed by atoms with E-state index in [2.05, 4.69) is 10.6 Å². The Bertz CT molecular complexity index is 1440. The van der Waals surface area contributed by atoms with E-state index in [0.717, 1.165) is 30.8 Å². The van der Waals surface area contributed by atoms with Crippen molar-refractivity contribution in [2.75, 3.05) is 336 Å². The molecule has 31 heteroatoms. The van der Waals surface area contributed by atoms with Gasteiger partial charge in [-0.15, -0.1) is 0 Å². The predicted octanol–water partition coefficient (Wildman–Crippen LogP) is 1.29. The van der Waals surface area contributed by atoms with Gasteiger partial charge in [-0.3, -0.25) is 9.59 Å². The van der Waals surface area contributed by atoms with Crippen LogP contribution in [0.2, 0.25) is 0 Å². The minimum atomic E-state index is -0.513. The molecule has 1 heterocycles. The molecule has 0 radical (unpaired) electrons. The van der Waals surface area contributed by atoms with Crippen molar-refractivity contribution >= 4 is 33.4 Å². The number of amides is 2. The van der Waals surface area contributed by atoms with Crippen molar-refractivity contribution < 1.29 is 123 Å². The molecule has 2 atom stereocenters. The van der Waals surface area contributed by atoms with Crippen LogP contribution >= 0.6 is 21.6 Å². The Morgan fingerprint density at radius 3 is 0.791 bits per heavy atom. The van der Waals surface area contributed by atoms with Crippen LogP contribution in [0, 0.1) is 0 Å². The monoisotopic (exact) mass is 1360 g/mol. The Kier molecular flexibility index (Phi) is 74.8. The number of unbranched alkanes of at least 4 members (excludes halogenated alkanes) is 1. The molecular formula is C60H119N3O26S2. The summed E-state index contributed by atoms with van der Waals surface area (Å²) in [7, 11) is 5.27. The van der Waals surface area contributed by atoms with E-state index in [1.54, 1.807) is 17.9 Å². The lowest BCUT2D eigenvalue weighted by atomic mass is 10.1. The number of methoxy groups -OCH3 is 1. The van der Waals surface area contributed by atoms with Gasteiger partial charge in [0, 0.05) is 37.6 Å². The molecule has 1 aliphatic rings. The number of carbonyl (C=O) groups is 2. The number of nitrogens with one attached hydrogen (secondary N) is 2. The van der Waals surface area contributed by atoms with Crippen LogP contribution in [-0.4, -0.2) is 360 Å². The van der Waals surface area contributed by atoms with Crippen LogP contribution in [0.5, 0.6) is 0 Å². The smallest absolute Gasteiger partial charge is 0.237 e. The average Bonchev–Trinajstić information content (AvgIpc) is 3.72. The molecule has 1 rings (SSSR count). The summed E-state index contributed by atoms with van der Waals surface area (Å²) < 4.78 is 131. The molecule has 0 aromatic heterocycles. The zero-order valence-electron chi connectivity index (χ0n) is 55.1. The van der Waals surface area contributed by atoms with E-state index in [-0.39, 0.29) is 24.3 Å². The molecule has 0 aromatic carbocycles. The van der Waals surface area contributed by atoms with E-state index in [1.807, 2.05) is 10.8 Å². The molecule has 1 fully saturated rings. The Morgan fingerprint density at radius 2 is 0.571 bits per heavy atom. The normalized spacial score (nSPS) is 13.8. The van der Waals surface area contributed by atoms with Crippen molar-refractivity contribution in [2.45, 2.75) is 44.2 Å². The lowest BCUT2D eigenvalue weighted by molar-refractivity contribution is -0.123. The molecule has 91 heavy (non-hydrogen) atoms. The van der Waals surface area contributed by atoms with Gasteiger partial charge in [0.2, 0.25) is 11.8 Å². The summed E-state index contributed by atoms with van der Waals surface area (Å²) in [6.45, 7) is 23.2. The molecule has 4 N–H and O–H groups in total. The van der Waals surface area contributed by atoms with Gasteiger partial charge in [-0.1, -0.05) is 21.6 Å². The van der Waals surface area contributed by atoms with Crippen molar-refractivity contribution in [3.8, 4) is 0 Å². The van der Waals surface area contributed by atoms with Gasteiger partial charge in [0.1, 0.15) is 0 Å². The van der Waals surface area contributed by atoms with Crippen LogP contribution in [0.3, 0.4) is 0 Å². The van der Waals surface area contributed by atoms with Gasteiger partial charge in [0.25, 0.3) is 0 Å². The fourth-order valence-corrected chi connectivity index (χ4v) is 9.50. The van der Waals surface area contributed by atoms with Gasteiger partial charge in [-0.2, -0.15) is 0 Å². The minimum absolute atomic E-state index is 0.0648. The quantitative estimate of drug-likeness (QED) is 0.0571. The largest absolute Gasteiger partial charge is 0.382 e. The van der Waals surface area contributed by atoms with Crippen LogP contribution in [-0.2, 0) is 123 Å². The van der Waals surface area contributed by atoms with Gasteiger partial charge < -0.3 is 130 Å². The van der Waals surface area contributed by atoms with Crippen LogP contribution in [0.4, 0.5) is 0 Å². The van der Waals surface area contributed by atoms with Crippen molar-refractivity contribution in [3.63, 3.8) is 0 Å². The summed E-state index contributed by atoms with van der Waals surface area (Å²) in [5, 5.41) is 5.93. The summed E-state index contributed by atoms with van der Waals surface area (Å²) >= 11 is 0. The predicted molar refractivity (Wildman–Crippen MR) is 342 cm³/mol. The van der Waals surface area contributed by atoms with Crippen LogP contribution < -0.4 is 16.4 Å². The van der Waals surface area contributed by atoms with Gasteiger partial charge >= 0.3 is 0 Å². The van der Waals surface area contributed by atoms with Gasteiger partial charge in [0.05, 0.1) is 317 Å². The van der Waals surface area contributed by atoms with Crippen LogP contribution in [0.15, 0.2) is 0 Å². The Morgan fingerprint density at radius 1 is 0.341 bits per heavy atom. The minimum Gasteiger partial charge on any atom is -0.382 e. The number of hydrogen-bond acceptors (Lipinski definition) is 29. The first-order valence-electron chi connectivity index (χ1n) is 32.5. The second-order valence-corrected chi connectivity index (χ2v) is 22.0. The SMILES string of the molecule is COCCOCCOCCOCCOCCOCCOCCOCCOCCOCCOCCOCCOCCOCCOCCOCCOCCOCCOCCOCCOCCOCCOCCOCCC(=O)NCCCC[C@@H](N)C(=O)NC1CCSSC1. The van der Waals surface area contributed by atoms with E-state index in [1.165, 1.54) is 0 Å². The fourth-order valence-electron chi connectivity index (χ4n) is 7.07. The molecule has 0 aromatic rings. The highest BCUT2D eigenvalue weighted by atomic mass is 33.1. The first kappa shape index (κ1) is 87.7. The van der Waals surface area contributed by atoms with Crippen molar-refractivity contribution in [1.29, 1.82) is 0 Å². The fraction of sp³-hybridized carbons (Fsp3) is 0.967. The highest BCUT2D eigenvalue weighted by Crippen LogP contribution is 2.29. The second-order valence-electron chi connectivity index (χ2n) is 19.4. The van der Waals surface area contributed by atoms with Crippen molar-refractivity contribution in [2.24, 2.45) is 5.73 Å². The molecule has 0 bridgehead atoms. The highest BCUT2D eigenvalue weighted by Gasteiger charge is 2.20. The Balaban J connectivity index is 1.61. The van der Waals surface area contributed by atoms with Crippen molar-refractivity contribution in [3.05, 3.63) is 0 Å². The molecule has 2 amide bonds. The first-order valence-corrected chi connectivity index (χ1v) is 35.0. The molecule has 1 saturated heterocycles. The summed E-state index contributed by atoms with van der Waals surface area (Å²) in [6, 6.07) is -0.303. The molecular weight excluding hydrogens is 1240 g/mol. The zero-order chi connectivity index (χ0) is 65.0. The number of nitrogens with two attached hydrogens (primary N) is 1. The second kappa shape index (κ2) is 77.6. The molecule has 0 aliphatic carbocycles. The summed E-state index contributed by atoms with van der Waals surface area (Å²) in [5.74, 6) is 1.82. The van der Waals surface area contributed by atoms with E-state index in [4.69, 9.17) is 119 Å². The summed E-state index contributed by atoms with van der Waals surface area (Å²) in [5.41, 5.74) is 6.04. The van der Waals surface area contributed by atoms with Crippen LogP contribution in [0.25, 0.3) is 0 Å². The Labute approximate surface area is 550 Å². The number of hydrogen-bond donors (Lipinski definition) is 3. The third-order valence-corrected chi connectivity index (χ3v) is 14.5. The third kappa shape index (κ3) is 72.7. The number of carbonyl (C=O) groups excluding carboxylic acids is 2. The summed E-state index contributed by atoms with van der Waals surface area (Å²) in [6.07, 6.45) is 3.40. The van der Waals surface area contributed by atoms with Gasteiger partial charge in [0.15, 0.2) is 0 Å². The standard InChI is InChI=1S/C60H119N3O26S2/c1-66-9-10-68-13-14-70-17-18-72-21-22-74-25-26-76-29-30-78-33-34-80-37-38-82-41-42-84-45-46-86-49-50-88-53-54-89-52-51-87-48-47-85-44-43-83-40-39-81-36-35-79-32-31-77-28-27-75-24-23-73-20-19-71-16-15-69-12-11-67-8-5-59(64)62-7-3-2-4-58(61)60(65)63-57-6-55-90-91-56-57/h57-58H,2-56,61H2,1H3,(H,62,64)(H,63,65)/t57?,58-/m1/s1. The summed E-state index contributed by atoms with van der Waals surface area (Å²) in [4.78, 5) is 24.3. The maximum absolute atomic E-state index is 12.3. The van der Waals surface area contributed by atoms with E-state index >= 15 is 0 Å². The average molecular weight is 1360 g/mol. The van der Waals surface area contributed by atoms with Crippen LogP contribution in [0.1, 0.15) is 32.1 Å². The number of rotatable bonds is 79. The maximum Gasteiger partial charge on any atom is 0.237 e. The molecule has 29 nitrogen and oxygen atoms in total. The van der Waals surface area contributed by atoms with E-state index in [0.29, 0.717) is 323 Å². The third-order valence-electron chi connectivity index (χ3n) is 11.9. The molecule has 0 saturated carbocycles. The van der Waals surface area contributed by atoms with Gasteiger partial charge in [-0.25, -0.2) is 0 Å². The Hall–Kier alpha value is -1.36. The zero-order valence-corrected chi connectivity index (χ0v) is 56.7. The highest BCUT2D eigenvalue weighted by molar-refractivity contribution is 8.76. The molecule has 1 unspecified atom stereocenters. The maximum atomic E-state index is 12.3. The lowest BCUT2D eigenvalue weighted by Crippen LogP contribution is -2.47. The first-order chi connectivity index (χ1) is 45.1. The molecule has 1 aliphatic heterocycles. The lowest BCUT2D eigenvalue weighted by Gasteiger charge is -2.23. The molecule has 542 valence electrons. The number of ether oxygens (including phenoxy) is 24. The molecule has 0 spiro atoms. The van der Waals surface area contributed by atoms with Gasteiger partial charge in [-0.05, 0) is 25.7 Å². The topological polar surface area (TPSA) is 306 Å². The van der Waals surface area contributed by atoms with E-state index in [9.17, 15) is 9.59 Å².